The molecule has 2 aliphatic heterocycles. The van der Waals surface area contributed by atoms with E-state index < -0.39 is 0 Å². The van der Waals surface area contributed by atoms with Gasteiger partial charge in [0, 0.05) is 37.9 Å². The first-order valence-electron chi connectivity index (χ1n) is 10.1. The van der Waals surface area contributed by atoms with Gasteiger partial charge in [-0.25, -0.2) is 4.79 Å². The van der Waals surface area contributed by atoms with E-state index in [1.54, 1.807) is 0 Å². The van der Waals surface area contributed by atoms with Gasteiger partial charge in [-0.3, -0.25) is 4.90 Å². The zero-order valence-corrected chi connectivity index (χ0v) is 15.3. The SMILES string of the molecule is C[C@H](NC(=O)NC[C@@H]1CCCN1C1CCCCC1)C1CCOCC1. The first-order chi connectivity index (χ1) is 11.7. The molecule has 0 aromatic rings. The number of amides is 2. The highest BCUT2D eigenvalue weighted by Crippen LogP contribution is 2.28. The van der Waals surface area contributed by atoms with Crippen LogP contribution in [0.1, 0.15) is 64.7 Å². The summed E-state index contributed by atoms with van der Waals surface area (Å²) in [5, 5.41) is 6.28. The Balaban J connectivity index is 1.39. The van der Waals surface area contributed by atoms with E-state index in [0.29, 0.717) is 12.0 Å². The van der Waals surface area contributed by atoms with Crippen molar-refractivity contribution in [2.75, 3.05) is 26.3 Å². The molecule has 0 spiro atoms. The molecule has 0 aromatic heterocycles. The minimum absolute atomic E-state index is 0.00415. The second kappa shape index (κ2) is 9.04. The lowest BCUT2D eigenvalue weighted by molar-refractivity contribution is 0.0570. The number of likely N-dealkylation sites (tertiary alicyclic amines) is 1. The number of carbonyl (C=O) groups excluding carboxylic acids is 1. The predicted octanol–water partition coefficient (Wildman–Crippen LogP) is 2.90. The number of hydrogen-bond donors (Lipinski definition) is 2. The molecule has 24 heavy (non-hydrogen) atoms. The Kier molecular flexibility index (Phi) is 6.78. The van der Waals surface area contributed by atoms with Gasteiger partial charge < -0.3 is 15.4 Å². The molecule has 138 valence electrons. The first kappa shape index (κ1) is 18.0. The van der Waals surface area contributed by atoms with Gasteiger partial charge in [0.25, 0.3) is 0 Å². The molecule has 2 atom stereocenters. The predicted molar refractivity (Wildman–Crippen MR) is 96.1 cm³/mol. The molecular weight excluding hydrogens is 302 g/mol. The molecule has 0 radical (unpaired) electrons. The molecule has 3 rings (SSSR count). The molecule has 3 aliphatic rings. The topological polar surface area (TPSA) is 53.6 Å². The van der Waals surface area contributed by atoms with Crippen LogP contribution in [-0.2, 0) is 4.74 Å². The van der Waals surface area contributed by atoms with Crippen molar-refractivity contribution in [2.24, 2.45) is 5.92 Å². The van der Waals surface area contributed by atoms with Crippen molar-refractivity contribution in [2.45, 2.75) is 82.8 Å². The van der Waals surface area contributed by atoms with Crippen molar-refractivity contribution in [3.63, 3.8) is 0 Å². The maximum absolute atomic E-state index is 12.3. The third kappa shape index (κ3) is 4.85. The van der Waals surface area contributed by atoms with Gasteiger partial charge in [0.1, 0.15) is 0 Å². The minimum Gasteiger partial charge on any atom is -0.381 e. The molecule has 2 saturated heterocycles. The molecule has 1 aliphatic carbocycles. The van der Waals surface area contributed by atoms with Crippen LogP contribution >= 0.6 is 0 Å². The molecule has 0 unspecified atom stereocenters. The summed E-state index contributed by atoms with van der Waals surface area (Å²) >= 11 is 0. The van der Waals surface area contributed by atoms with Crippen LogP contribution in [0.5, 0.6) is 0 Å². The maximum Gasteiger partial charge on any atom is 0.315 e. The largest absolute Gasteiger partial charge is 0.381 e. The van der Waals surface area contributed by atoms with Crippen molar-refractivity contribution < 1.29 is 9.53 Å². The minimum atomic E-state index is 0.00415. The van der Waals surface area contributed by atoms with E-state index in [2.05, 4.69) is 22.5 Å². The number of nitrogens with one attached hydrogen (secondary N) is 2. The van der Waals surface area contributed by atoms with Crippen molar-refractivity contribution in [1.29, 1.82) is 0 Å². The summed E-state index contributed by atoms with van der Waals surface area (Å²) < 4.78 is 5.41. The van der Waals surface area contributed by atoms with Crippen LogP contribution in [0.25, 0.3) is 0 Å². The number of ether oxygens (including phenoxy) is 1. The molecule has 5 nitrogen and oxygen atoms in total. The van der Waals surface area contributed by atoms with Crippen LogP contribution < -0.4 is 10.6 Å². The summed E-state index contributed by atoms with van der Waals surface area (Å²) in [5.74, 6) is 0.551. The Bertz CT molecular complexity index is 392. The zero-order valence-electron chi connectivity index (χ0n) is 15.3. The van der Waals surface area contributed by atoms with Gasteiger partial charge in [-0.1, -0.05) is 19.3 Å². The van der Waals surface area contributed by atoms with Gasteiger partial charge in [-0.05, 0) is 57.9 Å². The molecule has 0 bridgehead atoms. The Morgan fingerprint density at radius 2 is 1.83 bits per heavy atom. The van der Waals surface area contributed by atoms with Gasteiger partial charge >= 0.3 is 6.03 Å². The van der Waals surface area contributed by atoms with Gasteiger partial charge in [0.2, 0.25) is 0 Å². The second-order valence-corrected chi connectivity index (χ2v) is 7.92. The number of nitrogens with zero attached hydrogens (tertiary/aromatic N) is 1. The summed E-state index contributed by atoms with van der Waals surface area (Å²) in [5.41, 5.74) is 0. The highest BCUT2D eigenvalue weighted by atomic mass is 16.5. The fourth-order valence-corrected chi connectivity index (χ4v) is 4.77. The molecule has 2 N–H and O–H groups in total. The van der Waals surface area contributed by atoms with E-state index in [9.17, 15) is 4.79 Å². The van der Waals surface area contributed by atoms with Crippen molar-refractivity contribution in [3.05, 3.63) is 0 Å². The van der Waals surface area contributed by atoms with E-state index >= 15 is 0 Å². The molecular formula is C19H35N3O2. The van der Waals surface area contributed by atoms with Crippen molar-refractivity contribution in [1.82, 2.24) is 15.5 Å². The van der Waals surface area contributed by atoms with Gasteiger partial charge in [0.15, 0.2) is 0 Å². The number of carbonyl (C=O) groups is 1. The lowest BCUT2D eigenvalue weighted by Gasteiger charge is -2.35. The Morgan fingerprint density at radius 1 is 1.08 bits per heavy atom. The van der Waals surface area contributed by atoms with Crippen LogP contribution in [0.3, 0.4) is 0 Å². The third-order valence-electron chi connectivity index (χ3n) is 6.30. The Hall–Kier alpha value is -0.810. The molecule has 1 saturated carbocycles. The summed E-state index contributed by atoms with van der Waals surface area (Å²) in [6.07, 6.45) is 11.5. The number of urea groups is 1. The lowest BCUT2D eigenvalue weighted by Crippen LogP contribution is -2.50. The zero-order chi connectivity index (χ0) is 16.8. The van der Waals surface area contributed by atoms with Crippen molar-refractivity contribution in [3.8, 4) is 0 Å². The second-order valence-electron chi connectivity index (χ2n) is 7.92. The van der Waals surface area contributed by atoms with Crippen LogP contribution in [0.15, 0.2) is 0 Å². The summed E-state index contributed by atoms with van der Waals surface area (Å²) in [6, 6.07) is 1.53. The summed E-state index contributed by atoms with van der Waals surface area (Å²) in [7, 11) is 0. The average molecular weight is 338 g/mol. The standard InChI is InChI=1S/C19H35N3O2/c1-15(16-9-12-24-13-10-16)21-19(23)20-14-18-8-5-11-22(18)17-6-3-2-4-7-17/h15-18H,2-14H2,1H3,(H2,20,21,23)/t15-,18-/m0/s1. The Labute approximate surface area is 146 Å². The van der Waals surface area contributed by atoms with E-state index in [-0.39, 0.29) is 12.1 Å². The average Bonchev–Trinajstić information content (AvgIpc) is 3.10. The number of hydrogen-bond acceptors (Lipinski definition) is 3. The Morgan fingerprint density at radius 3 is 2.58 bits per heavy atom. The van der Waals surface area contributed by atoms with E-state index in [1.807, 2.05) is 0 Å². The fourth-order valence-electron chi connectivity index (χ4n) is 4.77. The van der Waals surface area contributed by atoms with Crippen LogP contribution in [-0.4, -0.2) is 55.4 Å². The molecule has 5 heteroatoms. The van der Waals surface area contributed by atoms with Crippen LogP contribution in [0.2, 0.25) is 0 Å². The third-order valence-corrected chi connectivity index (χ3v) is 6.30. The summed E-state index contributed by atoms with van der Waals surface area (Å²) in [4.78, 5) is 14.9. The highest BCUT2D eigenvalue weighted by molar-refractivity contribution is 5.74. The smallest absolute Gasteiger partial charge is 0.315 e. The summed E-state index contributed by atoms with van der Waals surface area (Å²) in [6.45, 7) is 5.80. The normalized spacial score (nSPS) is 28.6. The van der Waals surface area contributed by atoms with Gasteiger partial charge in [-0.2, -0.15) is 0 Å². The highest BCUT2D eigenvalue weighted by Gasteiger charge is 2.31. The molecule has 3 fully saturated rings. The maximum atomic E-state index is 12.3. The van der Waals surface area contributed by atoms with Gasteiger partial charge in [-0.15, -0.1) is 0 Å². The van der Waals surface area contributed by atoms with E-state index in [4.69, 9.17) is 4.74 Å². The monoisotopic (exact) mass is 337 g/mol. The quantitative estimate of drug-likeness (QED) is 0.811. The molecule has 0 aromatic carbocycles. The van der Waals surface area contributed by atoms with E-state index in [0.717, 1.165) is 38.6 Å². The first-order valence-corrected chi connectivity index (χ1v) is 10.1. The van der Waals surface area contributed by atoms with Crippen molar-refractivity contribution >= 4 is 6.03 Å². The molecule has 2 amide bonds. The van der Waals surface area contributed by atoms with Gasteiger partial charge in [0.05, 0.1) is 0 Å². The number of rotatable bonds is 5. The van der Waals surface area contributed by atoms with Crippen LogP contribution in [0.4, 0.5) is 4.79 Å². The van der Waals surface area contributed by atoms with Crippen LogP contribution in [0, 0.1) is 5.92 Å². The molecule has 2 heterocycles. The van der Waals surface area contributed by atoms with E-state index in [1.165, 1.54) is 51.5 Å². The fraction of sp³-hybridized carbons (Fsp3) is 0.947. The lowest BCUT2D eigenvalue weighted by atomic mass is 9.93.